The third kappa shape index (κ3) is 3.17. The smallest absolute Gasteiger partial charge is 0.254 e. The minimum Gasteiger partial charge on any atom is -0.495 e. The largest absolute Gasteiger partial charge is 0.495 e. The number of methoxy groups -OCH3 is 1. The number of nitrogens with two attached hydrogens (primary N) is 1. The van der Waals surface area contributed by atoms with E-state index in [9.17, 15) is 4.79 Å². The normalized spacial score (nSPS) is 19.9. The van der Waals surface area contributed by atoms with Crippen LogP contribution < -0.4 is 10.5 Å². The zero-order chi connectivity index (χ0) is 13.8. The fourth-order valence-corrected chi connectivity index (χ4v) is 2.21. The highest BCUT2D eigenvalue weighted by Gasteiger charge is 2.21. The number of rotatable bonds is 2. The van der Waals surface area contributed by atoms with Gasteiger partial charge in [-0.2, -0.15) is 0 Å². The highest BCUT2D eigenvalue weighted by molar-refractivity contribution is 5.95. The average molecular weight is 264 g/mol. The second-order valence-electron chi connectivity index (χ2n) is 4.74. The Hall–Kier alpha value is -1.75. The van der Waals surface area contributed by atoms with E-state index in [1.165, 1.54) is 0 Å². The van der Waals surface area contributed by atoms with Gasteiger partial charge in [-0.3, -0.25) is 4.79 Å². The number of amides is 1. The van der Waals surface area contributed by atoms with Crippen LogP contribution in [0.25, 0.3) is 0 Å². The van der Waals surface area contributed by atoms with Gasteiger partial charge in [0, 0.05) is 25.3 Å². The quantitative estimate of drug-likeness (QED) is 0.823. The van der Waals surface area contributed by atoms with Crippen molar-refractivity contribution in [3.8, 4) is 5.75 Å². The van der Waals surface area contributed by atoms with E-state index >= 15 is 0 Å². The predicted molar refractivity (Wildman–Crippen MR) is 73.3 cm³/mol. The van der Waals surface area contributed by atoms with Crippen molar-refractivity contribution in [3.63, 3.8) is 0 Å². The van der Waals surface area contributed by atoms with Gasteiger partial charge in [0.15, 0.2) is 0 Å². The lowest BCUT2D eigenvalue weighted by Crippen LogP contribution is -2.35. The molecule has 5 nitrogen and oxygen atoms in total. The maximum Gasteiger partial charge on any atom is 0.254 e. The SMILES string of the molecule is COc1cc(C(=O)N2CCCOC(C)C2)ccc1N. The predicted octanol–water partition coefficient (Wildman–Crippen LogP) is 1.53. The minimum atomic E-state index is -0.00403. The summed E-state index contributed by atoms with van der Waals surface area (Å²) in [6, 6.07) is 5.12. The van der Waals surface area contributed by atoms with E-state index in [0.29, 0.717) is 30.2 Å². The summed E-state index contributed by atoms with van der Waals surface area (Å²) in [5.74, 6) is 0.528. The number of nitrogen functional groups attached to an aromatic ring is 1. The fourth-order valence-electron chi connectivity index (χ4n) is 2.21. The number of ether oxygens (including phenoxy) is 2. The van der Waals surface area contributed by atoms with Crippen LogP contribution in [0.4, 0.5) is 5.69 Å². The summed E-state index contributed by atoms with van der Waals surface area (Å²) in [5, 5.41) is 0. The van der Waals surface area contributed by atoms with Crippen molar-refractivity contribution in [2.45, 2.75) is 19.4 Å². The molecule has 2 N–H and O–H groups in total. The summed E-state index contributed by atoms with van der Waals surface area (Å²) in [4.78, 5) is 14.3. The van der Waals surface area contributed by atoms with Gasteiger partial charge in [-0.15, -0.1) is 0 Å². The van der Waals surface area contributed by atoms with Crippen LogP contribution >= 0.6 is 0 Å². The van der Waals surface area contributed by atoms with Crippen LogP contribution in [0.2, 0.25) is 0 Å². The van der Waals surface area contributed by atoms with E-state index in [4.69, 9.17) is 15.2 Å². The molecule has 1 aliphatic heterocycles. The van der Waals surface area contributed by atoms with Crippen LogP contribution in [0.3, 0.4) is 0 Å². The first kappa shape index (κ1) is 13.7. The molecule has 0 bridgehead atoms. The van der Waals surface area contributed by atoms with E-state index in [1.54, 1.807) is 25.3 Å². The van der Waals surface area contributed by atoms with Crippen LogP contribution in [0.15, 0.2) is 18.2 Å². The van der Waals surface area contributed by atoms with E-state index in [1.807, 2.05) is 11.8 Å². The molecule has 0 aliphatic carbocycles. The number of carbonyl (C=O) groups excluding carboxylic acids is 1. The van der Waals surface area contributed by atoms with Crippen LogP contribution in [0.5, 0.6) is 5.75 Å². The Bertz CT molecular complexity index is 462. The lowest BCUT2D eigenvalue weighted by atomic mass is 10.1. The van der Waals surface area contributed by atoms with Gasteiger partial charge in [0.2, 0.25) is 0 Å². The first-order chi connectivity index (χ1) is 9.11. The topological polar surface area (TPSA) is 64.8 Å². The van der Waals surface area contributed by atoms with Crippen molar-refractivity contribution < 1.29 is 14.3 Å². The molecule has 5 heteroatoms. The molecule has 0 spiro atoms. The molecule has 19 heavy (non-hydrogen) atoms. The van der Waals surface area contributed by atoms with E-state index in [-0.39, 0.29) is 12.0 Å². The van der Waals surface area contributed by atoms with Crippen molar-refractivity contribution >= 4 is 11.6 Å². The molecule has 0 saturated carbocycles. The summed E-state index contributed by atoms with van der Waals surface area (Å²) in [5.41, 5.74) is 6.89. The molecule has 1 amide bonds. The molecule has 1 heterocycles. The highest BCUT2D eigenvalue weighted by atomic mass is 16.5. The van der Waals surface area contributed by atoms with Gasteiger partial charge in [-0.1, -0.05) is 0 Å². The maximum absolute atomic E-state index is 12.5. The molecule has 1 atom stereocenters. The van der Waals surface area contributed by atoms with E-state index in [0.717, 1.165) is 13.0 Å². The Morgan fingerprint density at radius 2 is 2.32 bits per heavy atom. The van der Waals surface area contributed by atoms with Crippen LogP contribution in [0.1, 0.15) is 23.7 Å². The third-order valence-electron chi connectivity index (χ3n) is 3.22. The molecule has 0 aromatic heterocycles. The number of hydrogen-bond acceptors (Lipinski definition) is 4. The molecular weight excluding hydrogens is 244 g/mol. The van der Waals surface area contributed by atoms with E-state index in [2.05, 4.69) is 0 Å². The first-order valence-electron chi connectivity index (χ1n) is 6.46. The molecule has 1 unspecified atom stereocenters. The van der Waals surface area contributed by atoms with Crippen molar-refractivity contribution in [2.24, 2.45) is 0 Å². The van der Waals surface area contributed by atoms with Gasteiger partial charge in [-0.05, 0) is 31.5 Å². The lowest BCUT2D eigenvalue weighted by Gasteiger charge is -2.22. The third-order valence-corrected chi connectivity index (χ3v) is 3.22. The molecule has 1 saturated heterocycles. The van der Waals surface area contributed by atoms with Gasteiger partial charge in [-0.25, -0.2) is 0 Å². The first-order valence-corrected chi connectivity index (χ1v) is 6.46. The monoisotopic (exact) mass is 264 g/mol. The number of nitrogens with zero attached hydrogens (tertiary/aromatic N) is 1. The number of carbonyl (C=O) groups is 1. The molecule has 104 valence electrons. The van der Waals surface area contributed by atoms with Crippen LogP contribution in [-0.4, -0.2) is 43.7 Å². The number of benzene rings is 1. The van der Waals surface area contributed by atoms with Gasteiger partial charge < -0.3 is 20.1 Å². The lowest BCUT2D eigenvalue weighted by molar-refractivity contribution is 0.0562. The minimum absolute atomic E-state index is 0.00403. The number of hydrogen-bond donors (Lipinski definition) is 1. The molecule has 1 aromatic carbocycles. The van der Waals surface area contributed by atoms with Gasteiger partial charge in [0.05, 0.1) is 18.9 Å². The molecular formula is C14H20N2O3. The van der Waals surface area contributed by atoms with Crippen LogP contribution in [-0.2, 0) is 4.74 Å². The van der Waals surface area contributed by atoms with Gasteiger partial charge in [0.1, 0.15) is 5.75 Å². The average Bonchev–Trinajstić information content (AvgIpc) is 2.63. The Morgan fingerprint density at radius 1 is 1.53 bits per heavy atom. The van der Waals surface area contributed by atoms with Crippen molar-refractivity contribution in [1.29, 1.82) is 0 Å². The zero-order valence-corrected chi connectivity index (χ0v) is 11.4. The van der Waals surface area contributed by atoms with Crippen LogP contribution in [0, 0.1) is 0 Å². The molecule has 1 fully saturated rings. The number of anilines is 1. The highest BCUT2D eigenvalue weighted by Crippen LogP contribution is 2.23. The summed E-state index contributed by atoms with van der Waals surface area (Å²) in [7, 11) is 1.54. The summed E-state index contributed by atoms with van der Waals surface area (Å²) < 4.78 is 10.7. The zero-order valence-electron chi connectivity index (χ0n) is 11.4. The Labute approximate surface area is 113 Å². The fraction of sp³-hybridized carbons (Fsp3) is 0.500. The van der Waals surface area contributed by atoms with Crippen molar-refractivity contribution in [3.05, 3.63) is 23.8 Å². The van der Waals surface area contributed by atoms with Gasteiger partial charge in [0.25, 0.3) is 5.91 Å². The summed E-state index contributed by atoms with van der Waals surface area (Å²) in [6.07, 6.45) is 0.935. The summed E-state index contributed by atoms with van der Waals surface area (Å²) >= 11 is 0. The molecule has 0 radical (unpaired) electrons. The second-order valence-corrected chi connectivity index (χ2v) is 4.74. The van der Waals surface area contributed by atoms with Crippen molar-refractivity contribution in [2.75, 3.05) is 32.5 Å². The second kappa shape index (κ2) is 5.93. The molecule has 1 aromatic rings. The Morgan fingerprint density at radius 3 is 3.05 bits per heavy atom. The Kier molecular flexibility index (Phi) is 4.27. The molecule has 2 rings (SSSR count). The van der Waals surface area contributed by atoms with Gasteiger partial charge >= 0.3 is 0 Å². The standard InChI is InChI=1S/C14H20N2O3/c1-10-9-16(6-3-7-19-10)14(17)11-4-5-12(15)13(8-11)18-2/h4-5,8,10H,3,6-7,9,15H2,1-2H3. The van der Waals surface area contributed by atoms with Crippen molar-refractivity contribution in [1.82, 2.24) is 4.90 Å². The Balaban J connectivity index is 2.18. The maximum atomic E-state index is 12.5. The van der Waals surface area contributed by atoms with E-state index < -0.39 is 0 Å². The molecule has 1 aliphatic rings. The summed E-state index contributed by atoms with van der Waals surface area (Å²) in [6.45, 7) is 4.02.